The van der Waals surface area contributed by atoms with E-state index in [1.807, 2.05) is 0 Å². The van der Waals surface area contributed by atoms with Crippen LogP contribution in [0.1, 0.15) is 19.1 Å². The van der Waals surface area contributed by atoms with Crippen molar-refractivity contribution in [3.63, 3.8) is 0 Å². The molecule has 2 rings (SSSR count). The molecular weight excluding hydrogens is 324 g/mol. The lowest BCUT2D eigenvalue weighted by molar-refractivity contribution is -0.133. The number of amides is 2. The van der Waals surface area contributed by atoms with Crippen LogP contribution in [-0.2, 0) is 16.0 Å². The summed E-state index contributed by atoms with van der Waals surface area (Å²) in [5.74, 6) is 0.203. The van der Waals surface area contributed by atoms with Crippen LogP contribution in [0.5, 0.6) is 0 Å². The first-order chi connectivity index (χ1) is 10.5. The largest absolute Gasteiger partial charge is 0.469 e. The number of benzene rings is 1. The van der Waals surface area contributed by atoms with Gasteiger partial charge >= 0.3 is 0 Å². The number of hydrogen-bond donors (Lipinski definition) is 1. The summed E-state index contributed by atoms with van der Waals surface area (Å²) in [6.45, 7) is 1.38. The monoisotopic (exact) mass is 338 g/mol. The number of hydrazine groups is 1. The Kier molecular flexibility index (Phi) is 5.91. The molecule has 0 saturated heterocycles. The van der Waals surface area contributed by atoms with Gasteiger partial charge < -0.3 is 4.42 Å². The minimum Gasteiger partial charge on any atom is -0.469 e. The standard InChI is InChI=1S/C15H15ClN2O3S/c1-11(19)18(22-14-7-4-12(16)5-8-14)17-15(20)9-6-13-3-2-10-21-13/h2-5,7-8,10H,6,9H2,1H3,(H,17,20). The molecule has 7 heteroatoms. The van der Waals surface area contributed by atoms with Crippen molar-refractivity contribution in [3.8, 4) is 0 Å². The van der Waals surface area contributed by atoms with Crippen LogP contribution >= 0.6 is 23.5 Å². The Labute approximate surface area is 137 Å². The molecule has 1 heterocycles. The van der Waals surface area contributed by atoms with Gasteiger partial charge in [0, 0.05) is 41.6 Å². The van der Waals surface area contributed by atoms with Crippen LogP contribution in [0.2, 0.25) is 5.02 Å². The Balaban J connectivity index is 1.89. The lowest BCUT2D eigenvalue weighted by Gasteiger charge is -2.20. The number of furan rings is 1. The Morgan fingerprint density at radius 2 is 2.00 bits per heavy atom. The molecule has 5 nitrogen and oxygen atoms in total. The third kappa shape index (κ3) is 5.13. The van der Waals surface area contributed by atoms with Gasteiger partial charge in [-0.3, -0.25) is 15.0 Å². The van der Waals surface area contributed by atoms with Crippen molar-refractivity contribution in [3.05, 3.63) is 53.4 Å². The van der Waals surface area contributed by atoms with Crippen LogP contribution in [0.15, 0.2) is 52.0 Å². The minimum absolute atomic E-state index is 0.235. The summed E-state index contributed by atoms with van der Waals surface area (Å²) in [6.07, 6.45) is 2.28. The molecule has 0 aliphatic carbocycles. The second kappa shape index (κ2) is 7.91. The Hall–Kier alpha value is -1.92. The van der Waals surface area contributed by atoms with Gasteiger partial charge in [0.05, 0.1) is 6.26 Å². The van der Waals surface area contributed by atoms with Gasteiger partial charge in [0.2, 0.25) is 11.8 Å². The summed E-state index contributed by atoms with van der Waals surface area (Å²) in [5, 5.41) is 0.612. The van der Waals surface area contributed by atoms with Gasteiger partial charge in [-0.25, -0.2) is 0 Å². The van der Waals surface area contributed by atoms with Crippen LogP contribution in [0.4, 0.5) is 0 Å². The van der Waals surface area contributed by atoms with Crippen molar-refractivity contribution in [2.24, 2.45) is 0 Å². The highest BCUT2D eigenvalue weighted by Gasteiger charge is 2.14. The van der Waals surface area contributed by atoms with Crippen LogP contribution in [-0.4, -0.2) is 16.2 Å². The van der Waals surface area contributed by atoms with Crippen molar-refractivity contribution in [2.45, 2.75) is 24.7 Å². The van der Waals surface area contributed by atoms with Crippen LogP contribution in [0, 0.1) is 0 Å². The molecule has 1 N–H and O–H groups in total. The highest BCUT2D eigenvalue weighted by atomic mass is 35.5. The van der Waals surface area contributed by atoms with Gasteiger partial charge in [-0.1, -0.05) is 11.6 Å². The van der Waals surface area contributed by atoms with Gasteiger partial charge in [0.25, 0.3) is 0 Å². The van der Waals surface area contributed by atoms with E-state index in [1.54, 1.807) is 42.7 Å². The normalized spacial score (nSPS) is 10.3. The fourth-order valence-electron chi connectivity index (χ4n) is 1.63. The summed E-state index contributed by atoms with van der Waals surface area (Å²) >= 11 is 6.94. The maximum atomic E-state index is 11.9. The van der Waals surface area contributed by atoms with E-state index in [-0.39, 0.29) is 18.2 Å². The molecule has 0 unspecified atom stereocenters. The Morgan fingerprint density at radius 1 is 1.27 bits per heavy atom. The van der Waals surface area contributed by atoms with Gasteiger partial charge in [0.1, 0.15) is 5.76 Å². The van der Waals surface area contributed by atoms with E-state index in [1.165, 1.54) is 11.3 Å². The van der Waals surface area contributed by atoms with E-state index in [2.05, 4.69) is 5.43 Å². The van der Waals surface area contributed by atoms with Gasteiger partial charge in [0.15, 0.2) is 0 Å². The number of hydrogen-bond acceptors (Lipinski definition) is 4. The molecule has 0 aliphatic heterocycles. The molecule has 2 amide bonds. The predicted octanol–water partition coefficient (Wildman–Crippen LogP) is 3.45. The lowest BCUT2D eigenvalue weighted by atomic mass is 10.2. The number of rotatable bonds is 5. The van der Waals surface area contributed by atoms with Gasteiger partial charge in [-0.05, 0) is 36.4 Å². The third-order valence-corrected chi connectivity index (χ3v) is 3.97. The van der Waals surface area contributed by atoms with E-state index in [0.717, 1.165) is 22.6 Å². The van der Waals surface area contributed by atoms with Gasteiger partial charge in [-0.2, -0.15) is 4.41 Å². The van der Waals surface area contributed by atoms with Crippen LogP contribution in [0.25, 0.3) is 0 Å². The van der Waals surface area contributed by atoms with E-state index in [4.69, 9.17) is 16.0 Å². The molecule has 22 heavy (non-hydrogen) atoms. The highest BCUT2D eigenvalue weighted by molar-refractivity contribution is 7.97. The van der Waals surface area contributed by atoms with Gasteiger partial charge in [-0.15, -0.1) is 0 Å². The maximum Gasteiger partial charge on any atom is 0.248 e. The number of carbonyl (C=O) groups excluding carboxylic acids is 2. The van der Waals surface area contributed by atoms with Crippen molar-refractivity contribution >= 4 is 35.4 Å². The number of carbonyl (C=O) groups is 2. The first kappa shape index (κ1) is 16.5. The number of aryl methyl sites for hydroxylation is 1. The highest BCUT2D eigenvalue weighted by Crippen LogP contribution is 2.23. The van der Waals surface area contributed by atoms with Crippen LogP contribution in [0.3, 0.4) is 0 Å². The second-order valence-electron chi connectivity index (χ2n) is 4.47. The summed E-state index contributed by atoms with van der Waals surface area (Å²) in [6, 6.07) is 10.6. The molecule has 2 aromatic rings. The van der Waals surface area contributed by atoms with Crippen molar-refractivity contribution in [1.82, 2.24) is 9.84 Å². The fraction of sp³-hybridized carbons (Fsp3) is 0.200. The second-order valence-corrected chi connectivity index (χ2v) is 5.93. The average Bonchev–Trinajstić information content (AvgIpc) is 3.00. The van der Waals surface area contributed by atoms with E-state index >= 15 is 0 Å². The molecule has 0 radical (unpaired) electrons. The Morgan fingerprint density at radius 3 is 2.59 bits per heavy atom. The predicted molar refractivity (Wildman–Crippen MR) is 85.0 cm³/mol. The molecule has 1 aromatic heterocycles. The third-order valence-electron chi connectivity index (χ3n) is 2.70. The zero-order chi connectivity index (χ0) is 15.9. The summed E-state index contributed by atoms with van der Waals surface area (Å²) in [5.41, 5.74) is 2.58. The number of halogens is 1. The molecule has 0 spiro atoms. The minimum atomic E-state index is -0.272. The van der Waals surface area contributed by atoms with E-state index in [9.17, 15) is 9.59 Å². The Bertz CT molecular complexity index is 629. The van der Waals surface area contributed by atoms with E-state index in [0.29, 0.717) is 11.4 Å². The first-order valence-electron chi connectivity index (χ1n) is 6.60. The quantitative estimate of drug-likeness (QED) is 0.670. The molecule has 0 fully saturated rings. The zero-order valence-corrected chi connectivity index (χ0v) is 13.5. The topological polar surface area (TPSA) is 62.6 Å². The van der Waals surface area contributed by atoms with Crippen molar-refractivity contribution in [2.75, 3.05) is 0 Å². The van der Waals surface area contributed by atoms with Crippen molar-refractivity contribution in [1.29, 1.82) is 0 Å². The van der Waals surface area contributed by atoms with Crippen molar-refractivity contribution < 1.29 is 14.0 Å². The number of nitrogens with one attached hydrogen (secondary N) is 1. The van der Waals surface area contributed by atoms with E-state index < -0.39 is 0 Å². The molecule has 0 atom stereocenters. The molecule has 0 bridgehead atoms. The lowest BCUT2D eigenvalue weighted by Crippen LogP contribution is -2.40. The summed E-state index contributed by atoms with van der Waals surface area (Å²) in [7, 11) is 0. The summed E-state index contributed by atoms with van der Waals surface area (Å²) in [4.78, 5) is 24.3. The SMILES string of the molecule is CC(=O)N(NC(=O)CCc1ccco1)Sc1ccc(Cl)cc1. The molecule has 116 valence electrons. The maximum absolute atomic E-state index is 11.9. The first-order valence-corrected chi connectivity index (χ1v) is 7.76. The molecule has 0 saturated carbocycles. The molecular formula is C15H15ClN2O3S. The van der Waals surface area contributed by atoms with Crippen LogP contribution < -0.4 is 5.43 Å². The molecule has 0 aliphatic rings. The molecule has 1 aromatic carbocycles. The summed E-state index contributed by atoms with van der Waals surface area (Å²) < 4.78 is 6.37. The number of nitrogens with zero attached hydrogens (tertiary/aromatic N) is 1. The smallest absolute Gasteiger partial charge is 0.248 e. The fourth-order valence-corrected chi connectivity index (χ4v) is 2.50. The average molecular weight is 339 g/mol. The zero-order valence-electron chi connectivity index (χ0n) is 11.9.